The van der Waals surface area contributed by atoms with Gasteiger partial charge in [0, 0.05) is 22.0 Å². The van der Waals surface area contributed by atoms with Crippen molar-refractivity contribution in [2.24, 2.45) is 0 Å². The molecule has 0 spiro atoms. The van der Waals surface area contributed by atoms with E-state index in [0.29, 0.717) is 18.6 Å². The number of rotatable bonds is 5. The molecule has 0 aliphatic carbocycles. The molecule has 0 bridgehead atoms. The molecule has 0 amide bonds. The third-order valence-electron chi connectivity index (χ3n) is 3.43. The van der Waals surface area contributed by atoms with Crippen LogP contribution in [0, 0.1) is 0 Å². The molecular weight excluding hydrogens is 348 g/mol. The predicted molar refractivity (Wildman–Crippen MR) is 85.7 cm³/mol. The molecule has 2 aromatic rings. The molecule has 0 N–H and O–H groups in total. The topological polar surface area (TPSA) is 44.8 Å². The van der Waals surface area contributed by atoms with Crippen LogP contribution in [-0.4, -0.2) is 12.6 Å². The summed E-state index contributed by atoms with van der Waals surface area (Å²) >= 11 is 3.50. The second-order valence-electron chi connectivity index (χ2n) is 4.89. The zero-order valence-electron chi connectivity index (χ0n) is 12.1. The van der Waals surface area contributed by atoms with E-state index in [1.165, 1.54) is 0 Å². The number of hydrogen-bond acceptors (Lipinski definition) is 4. The molecule has 1 heterocycles. The summed E-state index contributed by atoms with van der Waals surface area (Å²) in [6.07, 6.45) is 0.504. The fraction of sp³-hybridized carbons (Fsp3) is 0.235. The third-order valence-corrected chi connectivity index (χ3v) is 4.17. The summed E-state index contributed by atoms with van der Waals surface area (Å²) in [7, 11) is 0. The summed E-state index contributed by atoms with van der Waals surface area (Å²) in [5.74, 6) is 2.31. The average molecular weight is 363 g/mol. The molecule has 2 aromatic carbocycles. The Morgan fingerprint density at radius 2 is 1.86 bits per heavy atom. The lowest BCUT2D eigenvalue weighted by molar-refractivity contribution is 0.0988. The Kier molecular flexibility index (Phi) is 4.34. The molecule has 5 heteroatoms. The number of benzene rings is 2. The highest BCUT2D eigenvalue weighted by molar-refractivity contribution is 9.10. The molecular formula is C17H15BrO4. The van der Waals surface area contributed by atoms with E-state index in [1.54, 1.807) is 12.1 Å². The van der Waals surface area contributed by atoms with Gasteiger partial charge in [-0.25, -0.2) is 0 Å². The Hall–Kier alpha value is -2.01. The summed E-state index contributed by atoms with van der Waals surface area (Å²) < 4.78 is 17.4. The quantitative estimate of drug-likeness (QED) is 0.741. The first-order valence-electron chi connectivity index (χ1n) is 7.01. The van der Waals surface area contributed by atoms with Gasteiger partial charge in [0.05, 0.1) is 0 Å². The number of fused-ring (bicyclic) bond motifs is 1. The summed E-state index contributed by atoms with van der Waals surface area (Å²) in [5.41, 5.74) is 1.68. The van der Waals surface area contributed by atoms with Crippen molar-refractivity contribution in [3.63, 3.8) is 0 Å². The lowest BCUT2D eigenvalue weighted by atomic mass is 10.1. The minimum absolute atomic E-state index is 0.130. The minimum Gasteiger partial charge on any atom is -0.489 e. The fourth-order valence-electron chi connectivity index (χ4n) is 2.17. The van der Waals surface area contributed by atoms with Gasteiger partial charge in [-0.2, -0.15) is 0 Å². The maximum absolute atomic E-state index is 11.6. The Morgan fingerprint density at radius 1 is 1.18 bits per heavy atom. The van der Waals surface area contributed by atoms with Gasteiger partial charge in [-0.1, -0.05) is 22.9 Å². The standard InChI is InChI=1S/C17H15BrO4/c1-2-15(19)11-3-5-13(6-4-11)20-9-12-7-16-17(8-14(12)18)22-10-21-16/h3-8H,2,9-10H2,1H3. The Bertz CT molecular complexity index is 695. The van der Waals surface area contributed by atoms with E-state index in [9.17, 15) is 4.79 Å². The zero-order valence-corrected chi connectivity index (χ0v) is 13.7. The average Bonchev–Trinajstić information content (AvgIpc) is 2.99. The molecule has 1 aliphatic heterocycles. The Morgan fingerprint density at radius 3 is 2.55 bits per heavy atom. The minimum atomic E-state index is 0.130. The molecule has 0 fully saturated rings. The van der Waals surface area contributed by atoms with E-state index in [-0.39, 0.29) is 12.6 Å². The Balaban J connectivity index is 1.69. The van der Waals surface area contributed by atoms with Crippen molar-refractivity contribution in [3.8, 4) is 17.2 Å². The molecule has 0 saturated carbocycles. The largest absolute Gasteiger partial charge is 0.489 e. The van der Waals surface area contributed by atoms with Gasteiger partial charge >= 0.3 is 0 Å². The van der Waals surface area contributed by atoms with Crippen LogP contribution in [-0.2, 0) is 6.61 Å². The van der Waals surface area contributed by atoms with Gasteiger partial charge in [-0.15, -0.1) is 0 Å². The van der Waals surface area contributed by atoms with Crippen LogP contribution in [0.3, 0.4) is 0 Å². The molecule has 0 saturated heterocycles. The zero-order chi connectivity index (χ0) is 15.5. The fourth-order valence-corrected chi connectivity index (χ4v) is 2.61. The van der Waals surface area contributed by atoms with Crippen LogP contribution in [0.5, 0.6) is 17.2 Å². The van der Waals surface area contributed by atoms with Gasteiger partial charge in [0.15, 0.2) is 17.3 Å². The monoisotopic (exact) mass is 362 g/mol. The summed E-state index contributed by atoms with van der Waals surface area (Å²) in [6.45, 7) is 2.50. The van der Waals surface area contributed by atoms with Crippen molar-refractivity contribution in [2.75, 3.05) is 6.79 Å². The third kappa shape index (κ3) is 3.09. The van der Waals surface area contributed by atoms with E-state index >= 15 is 0 Å². The normalized spacial score (nSPS) is 12.3. The van der Waals surface area contributed by atoms with E-state index < -0.39 is 0 Å². The lowest BCUT2D eigenvalue weighted by Crippen LogP contribution is -1.99. The molecule has 1 aliphatic rings. The van der Waals surface area contributed by atoms with Crippen molar-refractivity contribution >= 4 is 21.7 Å². The molecule has 3 rings (SSSR count). The highest BCUT2D eigenvalue weighted by Gasteiger charge is 2.16. The van der Waals surface area contributed by atoms with Crippen molar-refractivity contribution < 1.29 is 19.0 Å². The second kappa shape index (κ2) is 6.40. The van der Waals surface area contributed by atoms with Crippen molar-refractivity contribution in [2.45, 2.75) is 20.0 Å². The summed E-state index contributed by atoms with van der Waals surface area (Å²) in [6, 6.07) is 11.0. The maximum Gasteiger partial charge on any atom is 0.231 e. The van der Waals surface area contributed by atoms with E-state index in [1.807, 2.05) is 31.2 Å². The van der Waals surface area contributed by atoms with Crippen molar-refractivity contribution in [1.29, 1.82) is 0 Å². The molecule has 4 nitrogen and oxygen atoms in total. The van der Waals surface area contributed by atoms with Gasteiger partial charge in [0.25, 0.3) is 0 Å². The van der Waals surface area contributed by atoms with E-state index in [2.05, 4.69) is 15.9 Å². The van der Waals surface area contributed by atoms with Gasteiger partial charge in [-0.3, -0.25) is 4.79 Å². The first-order chi connectivity index (χ1) is 10.7. The number of ether oxygens (including phenoxy) is 3. The second-order valence-corrected chi connectivity index (χ2v) is 5.74. The van der Waals surface area contributed by atoms with Crippen molar-refractivity contribution in [1.82, 2.24) is 0 Å². The number of hydrogen-bond donors (Lipinski definition) is 0. The van der Waals surface area contributed by atoms with Gasteiger partial charge < -0.3 is 14.2 Å². The lowest BCUT2D eigenvalue weighted by Gasteiger charge is -2.09. The highest BCUT2D eigenvalue weighted by Crippen LogP contribution is 2.37. The van der Waals surface area contributed by atoms with E-state index in [0.717, 1.165) is 27.3 Å². The summed E-state index contributed by atoms with van der Waals surface area (Å²) in [4.78, 5) is 11.6. The molecule has 0 atom stereocenters. The molecule has 0 unspecified atom stereocenters. The molecule has 22 heavy (non-hydrogen) atoms. The molecule has 0 radical (unpaired) electrons. The van der Waals surface area contributed by atoms with Crippen molar-refractivity contribution in [3.05, 3.63) is 52.0 Å². The van der Waals surface area contributed by atoms with Crippen LogP contribution < -0.4 is 14.2 Å². The van der Waals surface area contributed by atoms with Crippen LogP contribution in [0.4, 0.5) is 0 Å². The van der Waals surface area contributed by atoms with Crippen LogP contribution >= 0.6 is 15.9 Å². The first kappa shape index (κ1) is 14.9. The number of halogens is 1. The van der Waals surface area contributed by atoms with Crippen LogP contribution in [0.2, 0.25) is 0 Å². The summed E-state index contributed by atoms with van der Waals surface area (Å²) in [5, 5.41) is 0. The Labute approximate surface area is 137 Å². The molecule has 0 aromatic heterocycles. The first-order valence-corrected chi connectivity index (χ1v) is 7.80. The number of ketones is 1. The van der Waals surface area contributed by atoms with Crippen LogP contribution in [0.25, 0.3) is 0 Å². The van der Waals surface area contributed by atoms with Gasteiger partial charge in [0.1, 0.15) is 12.4 Å². The van der Waals surface area contributed by atoms with Crippen LogP contribution in [0.15, 0.2) is 40.9 Å². The molecule has 114 valence electrons. The van der Waals surface area contributed by atoms with Crippen LogP contribution in [0.1, 0.15) is 29.3 Å². The van der Waals surface area contributed by atoms with E-state index in [4.69, 9.17) is 14.2 Å². The number of carbonyl (C=O) groups is 1. The highest BCUT2D eigenvalue weighted by atomic mass is 79.9. The van der Waals surface area contributed by atoms with Gasteiger partial charge in [-0.05, 0) is 36.4 Å². The SMILES string of the molecule is CCC(=O)c1ccc(OCc2cc3c(cc2Br)OCO3)cc1. The maximum atomic E-state index is 11.6. The predicted octanol–water partition coefficient (Wildman–Crippen LogP) is 4.35. The smallest absolute Gasteiger partial charge is 0.231 e. The van der Waals surface area contributed by atoms with Gasteiger partial charge in [0.2, 0.25) is 6.79 Å². The number of carbonyl (C=O) groups excluding carboxylic acids is 1. The number of Topliss-reactive ketones (excluding diaryl/α,β-unsaturated/α-hetero) is 1.